The van der Waals surface area contributed by atoms with E-state index >= 15 is 0 Å². The Morgan fingerprint density at radius 1 is 1.60 bits per heavy atom. The van der Waals surface area contributed by atoms with E-state index in [4.69, 9.17) is 5.26 Å². The topological polar surface area (TPSA) is 45.9 Å². The van der Waals surface area contributed by atoms with E-state index in [0.717, 1.165) is 6.20 Å². The summed E-state index contributed by atoms with van der Waals surface area (Å²) in [5.41, 5.74) is -1.02. The summed E-state index contributed by atoms with van der Waals surface area (Å²) in [6.45, 7) is 0. The highest BCUT2D eigenvalue weighted by Gasteiger charge is 2.22. The number of halogens is 3. The molecule has 0 radical (unpaired) electrons. The Balaban J connectivity index is 3.38. The monoisotopic (exact) mass is 216 g/mol. The van der Waals surface area contributed by atoms with Crippen LogP contribution in [0.2, 0.25) is 0 Å². The maximum Gasteiger partial charge on any atom is 0.267 e. The van der Waals surface area contributed by atoms with Gasteiger partial charge < -0.3 is 4.74 Å². The van der Waals surface area contributed by atoms with Crippen molar-refractivity contribution < 1.29 is 17.9 Å². The van der Waals surface area contributed by atoms with Crippen molar-refractivity contribution >= 4 is 0 Å². The summed E-state index contributed by atoms with van der Waals surface area (Å²) < 4.78 is 42.9. The molecule has 6 heteroatoms. The van der Waals surface area contributed by atoms with Gasteiger partial charge in [0, 0.05) is 5.56 Å². The van der Waals surface area contributed by atoms with Crippen molar-refractivity contribution in [3.63, 3.8) is 0 Å². The minimum Gasteiger partial charge on any atom is -0.495 e. The van der Waals surface area contributed by atoms with Gasteiger partial charge in [-0.05, 0) is 0 Å². The second-order valence-electron chi connectivity index (χ2n) is 2.65. The molecule has 0 fully saturated rings. The van der Waals surface area contributed by atoms with Crippen molar-refractivity contribution in [3.8, 4) is 11.8 Å². The molecule has 1 heterocycles. The predicted molar refractivity (Wildman–Crippen MR) is 45.0 cm³/mol. The molecule has 0 N–H and O–H groups in total. The fraction of sp³-hybridized carbons (Fsp3) is 0.333. The van der Waals surface area contributed by atoms with Crippen molar-refractivity contribution in [3.05, 3.63) is 23.3 Å². The molecule has 3 nitrogen and oxygen atoms in total. The molecule has 0 saturated heterocycles. The van der Waals surface area contributed by atoms with Gasteiger partial charge in [-0.15, -0.1) is 0 Å². The molecule has 80 valence electrons. The number of ether oxygens (including phenoxy) is 1. The molecule has 0 bridgehead atoms. The van der Waals surface area contributed by atoms with Gasteiger partial charge in [0.05, 0.1) is 31.4 Å². The summed E-state index contributed by atoms with van der Waals surface area (Å²) in [6, 6.07) is 1.60. The summed E-state index contributed by atoms with van der Waals surface area (Å²) in [6.07, 6.45) is -2.49. The molecule has 0 spiro atoms. The summed E-state index contributed by atoms with van der Waals surface area (Å²) >= 11 is 0. The van der Waals surface area contributed by atoms with Gasteiger partial charge in [0.1, 0.15) is 5.75 Å². The van der Waals surface area contributed by atoms with Crippen LogP contribution < -0.4 is 4.74 Å². The summed E-state index contributed by atoms with van der Waals surface area (Å²) in [5.74, 6) is -1.27. The average molecular weight is 216 g/mol. The van der Waals surface area contributed by atoms with E-state index in [-0.39, 0.29) is 5.75 Å². The molecule has 0 unspecified atom stereocenters. The highest BCUT2D eigenvalue weighted by molar-refractivity contribution is 5.40. The lowest BCUT2D eigenvalue weighted by atomic mass is 10.1. The van der Waals surface area contributed by atoms with Crippen molar-refractivity contribution in [2.24, 2.45) is 0 Å². The van der Waals surface area contributed by atoms with Gasteiger partial charge in [-0.3, -0.25) is 0 Å². The van der Waals surface area contributed by atoms with E-state index in [9.17, 15) is 13.2 Å². The minimum absolute atomic E-state index is 0.211. The molecular formula is C9H7F3N2O. The third-order valence-corrected chi connectivity index (χ3v) is 1.83. The van der Waals surface area contributed by atoms with Gasteiger partial charge in [0.25, 0.3) is 6.43 Å². The van der Waals surface area contributed by atoms with Crippen LogP contribution in [-0.2, 0) is 6.42 Å². The Hall–Kier alpha value is -1.77. The first-order chi connectivity index (χ1) is 7.11. The Morgan fingerprint density at radius 3 is 2.73 bits per heavy atom. The number of pyridine rings is 1. The van der Waals surface area contributed by atoms with Crippen LogP contribution in [0.5, 0.6) is 5.75 Å². The van der Waals surface area contributed by atoms with Crippen LogP contribution in [0, 0.1) is 17.3 Å². The number of hydrogen-bond acceptors (Lipinski definition) is 3. The Kier molecular flexibility index (Phi) is 3.50. The van der Waals surface area contributed by atoms with Crippen molar-refractivity contribution in [1.82, 2.24) is 4.98 Å². The van der Waals surface area contributed by atoms with Crippen LogP contribution in [0.1, 0.15) is 17.6 Å². The minimum atomic E-state index is -2.90. The number of hydrogen-bond donors (Lipinski definition) is 0. The van der Waals surface area contributed by atoms with E-state index in [2.05, 4.69) is 9.72 Å². The average Bonchev–Trinajstić information content (AvgIpc) is 2.20. The number of aromatic nitrogens is 1. The molecule has 0 saturated carbocycles. The third kappa shape index (κ3) is 2.18. The standard InChI is InChI=1S/C9H7F3N2O/c1-15-6-4-14-9(12)5(2-3-13)7(6)8(10)11/h4,8H,2H2,1H3. The highest BCUT2D eigenvalue weighted by atomic mass is 19.3. The van der Waals surface area contributed by atoms with Gasteiger partial charge in [0.2, 0.25) is 5.95 Å². The van der Waals surface area contributed by atoms with Gasteiger partial charge >= 0.3 is 0 Å². The molecule has 0 amide bonds. The van der Waals surface area contributed by atoms with E-state index in [1.165, 1.54) is 7.11 Å². The number of alkyl halides is 2. The largest absolute Gasteiger partial charge is 0.495 e. The second kappa shape index (κ2) is 4.64. The van der Waals surface area contributed by atoms with Crippen LogP contribution in [0.4, 0.5) is 13.2 Å². The van der Waals surface area contributed by atoms with Gasteiger partial charge in [-0.2, -0.15) is 9.65 Å². The van der Waals surface area contributed by atoms with E-state index in [1.54, 1.807) is 6.07 Å². The Labute approximate surface area is 84.1 Å². The first kappa shape index (κ1) is 11.3. The predicted octanol–water partition coefficient (Wildman–Crippen LogP) is 2.23. The zero-order valence-corrected chi connectivity index (χ0v) is 7.80. The van der Waals surface area contributed by atoms with E-state index in [0.29, 0.717) is 0 Å². The SMILES string of the molecule is COc1cnc(F)c(CC#N)c1C(F)F. The first-order valence-electron chi connectivity index (χ1n) is 3.98. The molecular weight excluding hydrogens is 209 g/mol. The molecule has 0 aliphatic rings. The van der Waals surface area contributed by atoms with Crippen LogP contribution in [0.15, 0.2) is 6.20 Å². The smallest absolute Gasteiger partial charge is 0.267 e. The molecule has 1 aromatic rings. The van der Waals surface area contributed by atoms with E-state index in [1.807, 2.05) is 0 Å². The van der Waals surface area contributed by atoms with Crippen LogP contribution in [0.25, 0.3) is 0 Å². The number of nitrogens with zero attached hydrogens (tertiary/aromatic N) is 2. The zero-order valence-electron chi connectivity index (χ0n) is 7.80. The van der Waals surface area contributed by atoms with Gasteiger partial charge in [-0.25, -0.2) is 13.8 Å². The molecule has 1 aromatic heterocycles. The van der Waals surface area contributed by atoms with Crippen molar-refractivity contribution in [2.75, 3.05) is 7.11 Å². The zero-order chi connectivity index (χ0) is 11.4. The summed E-state index contributed by atoms with van der Waals surface area (Å²) in [4.78, 5) is 3.24. The second-order valence-corrected chi connectivity index (χ2v) is 2.65. The summed E-state index contributed by atoms with van der Waals surface area (Å²) in [5, 5.41) is 8.38. The molecule has 15 heavy (non-hydrogen) atoms. The van der Waals surface area contributed by atoms with Crippen molar-refractivity contribution in [1.29, 1.82) is 5.26 Å². The molecule has 0 atom stereocenters. The van der Waals surface area contributed by atoms with Crippen LogP contribution in [0.3, 0.4) is 0 Å². The molecule has 0 aromatic carbocycles. The maximum absolute atomic E-state index is 13.1. The molecule has 0 aliphatic carbocycles. The Bertz CT molecular complexity index is 401. The lowest BCUT2D eigenvalue weighted by molar-refractivity contribution is 0.145. The summed E-state index contributed by atoms with van der Waals surface area (Å²) in [7, 11) is 1.18. The highest BCUT2D eigenvalue weighted by Crippen LogP contribution is 2.32. The lowest BCUT2D eigenvalue weighted by Gasteiger charge is -2.11. The van der Waals surface area contributed by atoms with Gasteiger partial charge in [0.15, 0.2) is 0 Å². The molecule has 0 aliphatic heterocycles. The van der Waals surface area contributed by atoms with E-state index < -0.39 is 29.9 Å². The fourth-order valence-corrected chi connectivity index (χ4v) is 1.17. The quantitative estimate of drug-likeness (QED) is 0.728. The number of rotatable bonds is 3. The van der Waals surface area contributed by atoms with Crippen molar-refractivity contribution in [2.45, 2.75) is 12.8 Å². The number of methoxy groups -OCH3 is 1. The Morgan fingerprint density at radius 2 is 2.27 bits per heavy atom. The fourth-order valence-electron chi connectivity index (χ4n) is 1.17. The first-order valence-corrected chi connectivity index (χ1v) is 3.98. The lowest BCUT2D eigenvalue weighted by Crippen LogP contribution is -2.04. The normalized spacial score (nSPS) is 10.1. The van der Waals surface area contributed by atoms with Gasteiger partial charge in [-0.1, -0.05) is 0 Å². The maximum atomic E-state index is 13.1. The van der Waals surface area contributed by atoms with Crippen LogP contribution >= 0.6 is 0 Å². The third-order valence-electron chi connectivity index (χ3n) is 1.83. The molecule has 1 rings (SSSR count). The number of nitriles is 1. The van der Waals surface area contributed by atoms with Crippen LogP contribution in [-0.4, -0.2) is 12.1 Å².